The Morgan fingerprint density at radius 1 is 1.50 bits per heavy atom. The molecule has 1 aromatic carbocycles. The summed E-state index contributed by atoms with van der Waals surface area (Å²) in [6, 6.07) is 2.45. The monoisotopic (exact) mass is 294 g/mol. The second-order valence-electron chi connectivity index (χ2n) is 3.95. The van der Waals surface area contributed by atoms with Crippen molar-refractivity contribution in [2.45, 2.75) is 17.0 Å². The minimum Gasteiger partial charge on any atom is -0.478 e. The number of aryl methyl sites for hydroxylation is 1. The lowest BCUT2D eigenvalue weighted by Crippen LogP contribution is -2.02. The van der Waals surface area contributed by atoms with E-state index in [1.165, 1.54) is 17.1 Å². The van der Waals surface area contributed by atoms with Crippen LogP contribution in [0.3, 0.4) is 0 Å². The molecule has 1 heterocycles. The van der Waals surface area contributed by atoms with Gasteiger partial charge in [0.05, 0.1) is 10.5 Å². The third-order valence-corrected chi connectivity index (χ3v) is 3.84. The van der Waals surface area contributed by atoms with Gasteiger partial charge in [-0.15, -0.1) is 0 Å². The van der Waals surface area contributed by atoms with Crippen molar-refractivity contribution in [3.05, 3.63) is 39.7 Å². The van der Waals surface area contributed by atoms with Gasteiger partial charge in [-0.25, -0.2) is 14.5 Å². The van der Waals surface area contributed by atoms with E-state index in [1.54, 1.807) is 14.0 Å². The van der Waals surface area contributed by atoms with Crippen molar-refractivity contribution in [2.24, 2.45) is 7.05 Å². The third-order valence-electron chi connectivity index (χ3n) is 2.65. The molecule has 1 aromatic heterocycles. The zero-order chi connectivity index (χ0) is 14.9. The predicted molar refractivity (Wildman–Crippen MR) is 69.9 cm³/mol. The molecule has 0 amide bonds. The number of hydrogen-bond acceptors (Lipinski definition) is 6. The fourth-order valence-electron chi connectivity index (χ4n) is 1.57. The maximum atomic E-state index is 11.0. The summed E-state index contributed by atoms with van der Waals surface area (Å²) in [5.41, 5.74) is 0.0366. The smallest absolute Gasteiger partial charge is 0.335 e. The molecule has 0 unspecified atom stereocenters. The van der Waals surface area contributed by atoms with Gasteiger partial charge in [-0.3, -0.25) is 10.1 Å². The maximum absolute atomic E-state index is 11.0. The molecule has 0 fully saturated rings. The molecule has 0 saturated carbocycles. The Morgan fingerprint density at radius 2 is 2.20 bits per heavy atom. The van der Waals surface area contributed by atoms with Crippen molar-refractivity contribution in [1.82, 2.24) is 14.8 Å². The minimum atomic E-state index is -1.21. The molecule has 0 aliphatic heterocycles. The first-order chi connectivity index (χ1) is 9.40. The average molecular weight is 294 g/mol. The van der Waals surface area contributed by atoms with Gasteiger partial charge in [-0.1, -0.05) is 0 Å². The molecule has 0 aliphatic rings. The van der Waals surface area contributed by atoms with Crippen LogP contribution in [0.5, 0.6) is 0 Å². The van der Waals surface area contributed by atoms with Crippen molar-refractivity contribution in [2.75, 3.05) is 0 Å². The van der Waals surface area contributed by atoms with Gasteiger partial charge in [-0.2, -0.15) is 5.10 Å². The molecule has 2 aromatic rings. The van der Waals surface area contributed by atoms with E-state index in [-0.39, 0.29) is 11.3 Å². The van der Waals surface area contributed by atoms with Crippen molar-refractivity contribution in [1.29, 1.82) is 0 Å². The zero-order valence-corrected chi connectivity index (χ0v) is 11.4. The lowest BCUT2D eigenvalue weighted by molar-refractivity contribution is -0.385. The normalized spacial score (nSPS) is 10.5. The Kier molecular flexibility index (Phi) is 3.70. The van der Waals surface area contributed by atoms with Crippen molar-refractivity contribution in [3.63, 3.8) is 0 Å². The van der Waals surface area contributed by atoms with E-state index < -0.39 is 10.9 Å². The maximum Gasteiger partial charge on any atom is 0.335 e. The summed E-state index contributed by atoms with van der Waals surface area (Å²) in [7, 11) is 1.68. The van der Waals surface area contributed by atoms with Crippen LogP contribution in [-0.4, -0.2) is 30.8 Å². The highest BCUT2D eigenvalue weighted by molar-refractivity contribution is 7.99. The molecule has 0 spiro atoms. The second kappa shape index (κ2) is 5.29. The number of carboxylic acid groups (broad SMARTS) is 1. The lowest BCUT2D eigenvalue weighted by Gasteiger charge is -2.07. The number of carbonyl (C=O) groups is 1. The molecule has 8 nitrogen and oxygen atoms in total. The summed E-state index contributed by atoms with van der Waals surface area (Å²) >= 11 is 1.13. The summed E-state index contributed by atoms with van der Waals surface area (Å²) < 4.78 is 1.50. The van der Waals surface area contributed by atoms with Gasteiger partial charge in [-0.05, 0) is 24.8 Å². The molecule has 0 radical (unpaired) electrons. The number of rotatable bonds is 4. The standard InChI is InChI=1S/C11H10N4O4S/c1-6-8(15(18)19)3-7(10(16)17)4-9(6)20-11-12-5-13-14(11)2/h3-5H,1-2H3,(H,16,17). The van der Waals surface area contributed by atoms with Crippen LogP contribution in [0, 0.1) is 17.0 Å². The van der Waals surface area contributed by atoms with E-state index in [0.717, 1.165) is 17.8 Å². The van der Waals surface area contributed by atoms with Crippen LogP contribution < -0.4 is 0 Å². The fourth-order valence-corrected chi connectivity index (χ4v) is 2.49. The van der Waals surface area contributed by atoms with Crippen LogP contribution in [0.1, 0.15) is 15.9 Å². The number of benzene rings is 1. The molecule has 9 heteroatoms. The van der Waals surface area contributed by atoms with Crippen LogP contribution in [0.15, 0.2) is 28.5 Å². The molecule has 1 N–H and O–H groups in total. The molecule has 2 rings (SSSR count). The Morgan fingerprint density at radius 3 is 2.70 bits per heavy atom. The van der Waals surface area contributed by atoms with Gasteiger partial charge < -0.3 is 5.11 Å². The molecule has 0 atom stereocenters. The van der Waals surface area contributed by atoms with Crippen LogP contribution in [0.2, 0.25) is 0 Å². The fraction of sp³-hybridized carbons (Fsp3) is 0.182. The van der Waals surface area contributed by atoms with Crippen molar-refractivity contribution >= 4 is 23.4 Å². The van der Waals surface area contributed by atoms with E-state index in [1.807, 2.05) is 0 Å². The Labute approximate surface area is 117 Å². The summed E-state index contributed by atoms with van der Waals surface area (Å²) in [6.45, 7) is 1.57. The number of aromatic nitrogens is 3. The van der Waals surface area contributed by atoms with E-state index in [4.69, 9.17) is 5.11 Å². The second-order valence-corrected chi connectivity index (χ2v) is 4.96. The number of nitro benzene ring substituents is 1. The number of nitro groups is 1. The van der Waals surface area contributed by atoms with Gasteiger partial charge in [0.2, 0.25) is 0 Å². The van der Waals surface area contributed by atoms with Gasteiger partial charge in [0.15, 0.2) is 5.16 Å². The topological polar surface area (TPSA) is 111 Å². The first kappa shape index (κ1) is 14.0. The molecule has 104 valence electrons. The third kappa shape index (κ3) is 2.62. The molecular weight excluding hydrogens is 284 g/mol. The summed E-state index contributed by atoms with van der Waals surface area (Å²) in [4.78, 5) is 25.9. The van der Waals surface area contributed by atoms with E-state index in [9.17, 15) is 14.9 Å². The van der Waals surface area contributed by atoms with E-state index >= 15 is 0 Å². The van der Waals surface area contributed by atoms with E-state index in [0.29, 0.717) is 15.6 Å². The highest BCUT2D eigenvalue weighted by Crippen LogP contribution is 2.34. The van der Waals surface area contributed by atoms with E-state index in [2.05, 4.69) is 10.1 Å². The number of nitrogens with zero attached hydrogens (tertiary/aromatic N) is 4. The van der Waals surface area contributed by atoms with Crippen LogP contribution in [-0.2, 0) is 7.05 Å². The molecular formula is C11H10N4O4S. The molecule has 20 heavy (non-hydrogen) atoms. The highest BCUT2D eigenvalue weighted by Gasteiger charge is 2.20. The zero-order valence-electron chi connectivity index (χ0n) is 10.6. The van der Waals surface area contributed by atoms with Crippen LogP contribution in [0.25, 0.3) is 0 Å². The van der Waals surface area contributed by atoms with Crippen molar-refractivity contribution < 1.29 is 14.8 Å². The van der Waals surface area contributed by atoms with Gasteiger partial charge in [0, 0.05) is 23.6 Å². The number of hydrogen-bond donors (Lipinski definition) is 1. The number of aromatic carboxylic acids is 1. The predicted octanol–water partition coefficient (Wildman–Crippen LogP) is 1.88. The van der Waals surface area contributed by atoms with Crippen LogP contribution in [0.4, 0.5) is 5.69 Å². The lowest BCUT2D eigenvalue weighted by atomic mass is 10.1. The quantitative estimate of drug-likeness (QED) is 0.676. The summed E-state index contributed by atoms with van der Waals surface area (Å²) in [5, 5.41) is 24.4. The highest BCUT2D eigenvalue weighted by atomic mass is 32.2. The summed E-state index contributed by atoms with van der Waals surface area (Å²) in [5.74, 6) is -1.21. The first-order valence-electron chi connectivity index (χ1n) is 5.44. The Balaban J connectivity index is 2.54. The largest absolute Gasteiger partial charge is 0.478 e. The van der Waals surface area contributed by atoms with Crippen molar-refractivity contribution in [3.8, 4) is 0 Å². The Bertz CT molecular complexity index is 698. The summed E-state index contributed by atoms with van der Waals surface area (Å²) in [6.07, 6.45) is 1.35. The minimum absolute atomic E-state index is 0.132. The van der Waals surface area contributed by atoms with Gasteiger partial charge in [0.25, 0.3) is 5.69 Å². The van der Waals surface area contributed by atoms with Gasteiger partial charge >= 0.3 is 5.97 Å². The number of carboxylic acids is 1. The molecule has 0 saturated heterocycles. The Hall–Kier alpha value is -2.42. The molecule has 0 bridgehead atoms. The van der Waals surface area contributed by atoms with Gasteiger partial charge in [0.1, 0.15) is 6.33 Å². The first-order valence-corrected chi connectivity index (χ1v) is 6.26. The van der Waals surface area contributed by atoms with Crippen LogP contribution >= 0.6 is 11.8 Å². The SMILES string of the molecule is Cc1c(Sc2ncnn2C)cc(C(=O)O)cc1[N+](=O)[O-]. The molecule has 0 aliphatic carbocycles. The average Bonchev–Trinajstić information content (AvgIpc) is 2.76.